The van der Waals surface area contributed by atoms with Crippen LogP contribution in [0.3, 0.4) is 0 Å². The maximum absolute atomic E-state index is 9.32. The van der Waals surface area contributed by atoms with Crippen LogP contribution in [0.2, 0.25) is 0 Å². The van der Waals surface area contributed by atoms with E-state index in [1.807, 2.05) is 12.1 Å². The first-order valence-corrected chi connectivity index (χ1v) is 11.3. The minimum Gasteiger partial charge on any atom is -0.491 e. The molecule has 3 nitrogen and oxygen atoms in total. The Kier molecular flexibility index (Phi) is 5.31. The molecule has 0 saturated heterocycles. The first kappa shape index (κ1) is 19.7. The van der Waals surface area contributed by atoms with E-state index in [1.165, 1.54) is 55.2 Å². The van der Waals surface area contributed by atoms with Gasteiger partial charge in [-0.3, -0.25) is 0 Å². The van der Waals surface area contributed by atoms with Gasteiger partial charge in [-0.2, -0.15) is 0 Å². The van der Waals surface area contributed by atoms with E-state index in [2.05, 4.69) is 42.2 Å². The van der Waals surface area contributed by atoms with Gasteiger partial charge in [-0.15, -0.1) is 0 Å². The number of hydrogen-bond acceptors (Lipinski definition) is 3. The van der Waals surface area contributed by atoms with Gasteiger partial charge in [0.1, 0.15) is 19.0 Å². The summed E-state index contributed by atoms with van der Waals surface area (Å²) >= 11 is 0. The minimum atomic E-state index is -0.120. The summed E-state index contributed by atoms with van der Waals surface area (Å²) in [5.41, 5.74) is 4.89. The molecule has 156 valence electrons. The number of ether oxygens (including phenoxy) is 1. The van der Waals surface area contributed by atoms with Gasteiger partial charge in [-0.25, -0.2) is 0 Å². The maximum atomic E-state index is 9.32. The third-order valence-corrected chi connectivity index (χ3v) is 7.47. The molecular formula is C27H30O3. The van der Waals surface area contributed by atoms with E-state index in [0.717, 1.165) is 29.1 Å². The predicted octanol–water partition coefficient (Wildman–Crippen LogP) is 4.54. The van der Waals surface area contributed by atoms with E-state index in [4.69, 9.17) is 9.84 Å². The van der Waals surface area contributed by atoms with Crippen LogP contribution in [0.1, 0.15) is 49.7 Å². The first-order chi connectivity index (χ1) is 14.7. The summed E-state index contributed by atoms with van der Waals surface area (Å²) in [6, 6.07) is 14.8. The second-order valence-electron chi connectivity index (χ2n) is 9.52. The van der Waals surface area contributed by atoms with Crippen molar-refractivity contribution in [3.8, 4) is 28.7 Å². The zero-order chi connectivity index (χ0) is 20.6. The fourth-order valence-electron chi connectivity index (χ4n) is 6.73. The van der Waals surface area contributed by atoms with Gasteiger partial charge >= 0.3 is 0 Å². The largest absolute Gasteiger partial charge is 0.491 e. The Hall–Kier alpha value is -2.28. The van der Waals surface area contributed by atoms with Gasteiger partial charge in [-0.05, 0) is 97.1 Å². The van der Waals surface area contributed by atoms with Crippen molar-refractivity contribution in [2.75, 3.05) is 19.8 Å². The Morgan fingerprint density at radius 1 is 0.867 bits per heavy atom. The van der Waals surface area contributed by atoms with Crippen LogP contribution in [-0.4, -0.2) is 30.0 Å². The monoisotopic (exact) mass is 402 g/mol. The SMILES string of the molecule is OCC#Cc1ccc(-c2ccc(OCCO)c(C34CC5CC(CC(C5)C3)C4)c2)cc1. The molecule has 4 fully saturated rings. The highest BCUT2D eigenvalue weighted by molar-refractivity contribution is 5.67. The van der Waals surface area contributed by atoms with E-state index in [-0.39, 0.29) is 18.6 Å². The number of rotatable bonds is 5. The summed E-state index contributed by atoms with van der Waals surface area (Å²) in [5.74, 6) is 9.23. The normalized spacial score (nSPS) is 28.8. The van der Waals surface area contributed by atoms with E-state index in [0.29, 0.717) is 6.61 Å². The summed E-state index contributed by atoms with van der Waals surface area (Å²) in [6.45, 7) is 0.265. The molecule has 4 aliphatic carbocycles. The summed E-state index contributed by atoms with van der Waals surface area (Å²) in [5, 5.41) is 18.2. The molecule has 0 heterocycles. The van der Waals surface area contributed by atoms with Crippen LogP contribution in [0, 0.1) is 29.6 Å². The van der Waals surface area contributed by atoms with Gasteiger partial charge in [0.2, 0.25) is 0 Å². The van der Waals surface area contributed by atoms with Gasteiger partial charge in [0.15, 0.2) is 0 Å². The molecule has 0 aliphatic heterocycles. The predicted molar refractivity (Wildman–Crippen MR) is 118 cm³/mol. The lowest BCUT2D eigenvalue weighted by Crippen LogP contribution is -2.48. The molecule has 2 aromatic rings. The van der Waals surface area contributed by atoms with Gasteiger partial charge in [0.25, 0.3) is 0 Å². The van der Waals surface area contributed by atoms with E-state index < -0.39 is 0 Å². The topological polar surface area (TPSA) is 49.7 Å². The summed E-state index contributed by atoms with van der Waals surface area (Å²) < 4.78 is 6.04. The van der Waals surface area contributed by atoms with Gasteiger partial charge < -0.3 is 14.9 Å². The molecule has 4 bridgehead atoms. The minimum absolute atomic E-state index is 0.0401. The molecule has 0 spiro atoms. The Balaban J connectivity index is 1.52. The van der Waals surface area contributed by atoms with Crippen molar-refractivity contribution < 1.29 is 14.9 Å². The van der Waals surface area contributed by atoms with Crippen LogP contribution >= 0.6 is 0 Å². The lowest BCUT2D eigenvalue weighted by atomic mass is 9.48. The van der Waals surface area contributed by atoms with Crippen molar-refractivity contribution in [2.24, 2.45) is 17.8 Å². The standard InChI is InChI=1S/C27H30O3/c28-9-1-2-19-3-5-23(6-4-19)24-7-8-26(30-11-10-29)25(15-24)27-16-20-12-21(17-27)14-22(13-20)18-27/h3-8,15,20-22,28-29H,9-14,16-18H2. The molecule has 0 unspecified atom stereocenters. The fraction of sp³-hybridized carbons (Fsp3) is 0.481. The summed E-state index contributed by atoms with van der Waals surface area (Å²) in [6.07, 6.45) is 8.11. The number of aliphatic hydroxyl groups excluding tert-OH is 2. The highest BCUT2D eigenvalue weighted by Crippen LogP contribution is 2.62. The number of hydrogen-bond donors (Lipinski definition) is 2. The van der Waals surface area contributed by atoms with Crippen molar-refractivity contribution in [3.05, 3.63) is 53.6 Å². The van der Waals surface area contributed by atoms with Crippen LogP contribution < -0.4 is 4.74 Å². The maximum Gasteiger partial charge on any atom is 0.123 e. The molecule has 0 aromatic heterocycles. The van der Waals surface area contributed by atoms with Crippen molar-refractivity contribution in [1.29, 1.82) is 0 Å². The Bertz CT molecular complexity index is 929. The van der Waals surface area contributed by atoms with Gasteiger partial charge in [0, 0.05) is 11.1 Å². The Morgan fingerprint density at radius 3 is 2.10 bits per heavy atom. The molecule has 30 heavy (non-hydrogen) atoms. The molecule has 4 aliphatic rings. The molecular weight excluding hydrogens is 372 g/mol. The average Bonchev–Trinajstić information content (AvgIpc) is 2.75. The Labute approximate surface area is 179 Å². The molecule has 2 aromatic carbocycles. The lowest BCUT2D eigenvalue weighted by molar-refractivity contribution is -0.00650. The Morgan fingerprint density at radius 2 is 1.50 bits per heavy atom. The zero-order valence-electron chi connectivity index (χ0n) is 17.4. The van der Waals surface area contributed by atoms with Crippen LogP contribution in [0.25, 0.3) is 11.1 Å². The molecule has 4 saturated carbocycles. The molecule has 3 heteroatoms. The smallest absolute Gasteiger partial charge is 0.123 e. The third-order valence-electron chi connectivity index (χ3n) is 7.47. The molecule has 0 amide bonds. The third kappa shape index (κ3) is 3.64. The molecule has 6 rings (SSSR count). The second-order valence-corrected chi connectivity index (χ2v) is 9.52. The van der Waals surface area contributed by atoms with Crippen LogP contribution in [0.5, 0.6) is 5.75 Å². The number of aliphatic hydroxyl groups is 2. The van der Waals surface area contributed by atoms with E-state index in [9.17, 15) is 5.11 Å². The first-order valence-electron chi connectivity index (χ1n) is 11.3. The van der Waals surface area contributed by atoms with Crippen molar-refractivity contribution in [3.63, 3.8) is 0 Å². The second kappa shape index (κ2) is 8.10. The number of benzene rings is 2. The van der Waals surface area contributed by atoms with Crippen LogP contribution in [0.15, 0.2) is 42.5 Å². The van der Waals surface area contributed by atoms with Crippen LogP contribution in [-0.2, 0) is 5.41 Å². The van der Waals surface area contributed by atoms with Gasteiger partial charge in [-0.1, -0.05) is 30.0 Å². The van der Waals surface area contributed by atoms with E-state index in [1.54, 1.807) is 0 Å². The molecule has 0 atom stereocenters. The fourth-order valence-corrected chi connectivity index (χ4v) is 6.73. The van der Waals surface area contributed by atoms with Crippen LogP contribution in [0.4, 0.5) is 0 Å². The molecule has 0 radical (unpaired) electrons. The highest BCUT2D eigenvalue weighted by atomic mass is 16.5. The van der Waals surface area contributed by atoms with Crippen molar-refractivity contribution in [2.45, 2.75) is 43.9 Å². The molecule has 2 N–H and O–H groups in total. The lowest BCUT2D eigenvalue weighted by Gasteiger charge is -2.57. The highest BCUT2D eigenvalue weighted by Gasteiger charge is 2.52. The quantitative estimate of drug-likeness (QED) is 0.722. The zero-order valence-corrected chi connectivity index (χ0v) is 17.4. The van der Waals surface area contributed by atoms with Gasteiger partial charge in [0.05, 0.1) is 6.61 Å². The van der Waals surface area contributed by atoms with Crippen molar-refractivity contribution in [1.82, 2.24) is 0 Å². The van der Waals surface area contributed by atoms with E-state index >= 15 is 0 Å². The summed E-state index contributed by atoms with van der Waals surface area (Å²) in [7, 11) is 0. The average molecular weight is 403 g/mol. The van der Waals surface area contributed by atoms with Crippen molar-refractivity contribution >= 4 is 0 Å². The summed E-state index contributed by atoms with van der Waals surface area (Å²) in [4.78, 5) is 0.